The van der Waals surface area contributed by atoms with Gasteiger partial charge in [0, 0.05) is 29.1 Å². The van der Waals surface area contributed by atoms with Gasteiger partial charge in [-0.25, -0.2) is 0 Å². The molecule has 2 N–H and O–H groups in total. The predicted octanol–water partition coefficient (Wildman–Crippen LogP) is 3.71. The molecule has 0 spiro atoms. The van der Waals surface area contributed by atoms with Crippen LogP contribution in [0.2, 0.25) is 0 Å². The zero-order chi connectivity index (χ0) is 13.1. The van der Waals surface area contributed by atoms with Gasteiger partial charge < -0.3 is 5.73 Å². The highest BCUT2D eigenvalue weighted by molar-refractivity contribution is 9.10. The molecule has 100 valence electrons. The summed E-state index contributed by atoms with van der Waals surface area (Å²) in [5.41, 5.74) is 7.47. The molecule has 3 atom stereocenters. The number of piperidine rings is 1. The van der Waals surface area contributed by atoms with Crippen molar-refractivity contribution in [3.63, 3.8) is 0 Å². The van der Waals surface area contributed by atoms with Crippen LogP contribution in [0.1, 0.15) is 44.7 Å². The summed E-state index contributed by atoms with van der Waals surface area (Å²) in [6, 6.07) is 10.2. The standard InChI is InChI=1S/C15H23BrN2/c1-3-15(12-5-4-6-13(16)10-12)18-8-7-14(17)9-11(18)2/h4-6,10-11,14-15H,3,7-9,17H2,1-2H3. The molecule has 0 aromatic heterocycles. The average molecular weight is 311 g/mol. The van der Waals surface area contributed by atoms with Crippen molar-refractivity contribution in [1.29, 1.82) is 0 Å². The summed E-state index contributed by atoms with van der Waals surface area (Å²) in [5.74, 6) is 0. The van der Waals surface area contributed by atoms with Gasteiger partial charge in [0.05, 0.1) is 0 Å². The van der Waals surface area contributed by atoms with E-state index in [1.807, 2.05) is 0 Å². The molecule has 0 aliphatic carbocycles. The first kappa shape index (κ1) is 14.0. The van der Waals surface area contributed by atoms with Crippen LogP contribution in [0.25, 0.3) is 0 Å². The fraction of sp³-hybridized carbons (Fsp3) is 0.600. The first-order valence-corrected chi connectivity index (χ1v) is 7.68. The SMILES string of the molecule is CCC(c1cccc(Br)c1)N1CCC(N)CC1C. The zero-order valence-electron chi connectivity index (χ0n) is 11.3. The number of nitrogens with zero attached hydrogens (tertiary/aromatic N) is 1. The minimum absolute atomic E-state index is 0.385. The van der Waals surface area contributed by atoms with Gasteiger partial charge in [-0.1, -0.05) is 35.0 Å². The highest BCUT2D eigenvalue weighted by Gasteiger charge is 2.28. The first-order valence-electron chi connectivity index (χ1n) is 6.88. The number of rotatable bonds is 3. The van der Waals surface area contributed by atoms with E-state index in [-0.39, 0.29) is 0 Å². The van der Waals surface area contributed by atoms with Crippen LogP contribution in [0.15, 0.2) is 28.7 Å². The van der Waals surface area contributed by atoms with E-state index in [2.05, 4.69) is 58.9 Å². The van der Waals surface area contributed by atoms with E-state index in [1.165, 1.54) is 10.0 Å². The Balaban J connectivity index is 2.18. The third-order valence-corrected chi connectivity index (χ3v) is 4.48. The van der Waals surface area contributed by atoms with Crippen molar-refractivity contribution >= 4 is 15.9 Å². The maximum Gasteiger partial charge on any atom is 0.0348 e. The molecule has 1 aromatic rings. The third-order valence-electron chi connectivity index (χ3n) is 3.99. The normalized spacial score (nSPS) is 27.1. The number of nitrogens with two attached hydrogens (primary N) is 1. The molecule has 1 saturated heterocycles. The number of likely N-dealkylation sites (tertiary alicyclic amines) is 1. The third kappa shape index (κ3) is 3.14. The van der Waals surface area contributed by atoms with Crippen molar-refractivity contribution in [2.24, 2.45) is 5.73 Å². The van der Waals surface area contributed by atoms with Crippen molar-refractivity contribution in [1.82, 2.24) is 4.90 Å². The van der Waals surface area contributed by atoms with Crippen LogP contribution in [0.4, 0.5) is 0 Å². The van der Waals surface area contributed by atoms with Gasteiger partial charge in [0.2, 0.25) is 0 Å². The zero-order valence-corrected chi connectivity index (χ0v) is 12.9. The largest absolute Gasteiger partial charge is 0.328 e. The van der Waals surface area contributed by atoms with Crippen LogP contribution in [0.3, 0.4) is 0 Å². The van der Waals surface area contributed by atoms with Gasteiger partial charge in [0.25, 0.3) is 0 Å². The van der Waals surface area contributed by atoms with Crippen LogP contribution >= 0.6 is 15.9 Å². The molecule has 0 amide bonds. The summed E-state index contributed by atoms with van der Waals surface area (Å²) >= 11 is 3.57. The van der Waals surface area contributed by atoms with E-state index in [0.29, 0.717) is 18.1 Å². The van der Waals surface area contributed by atoms with Crippen LogP contribution in [0.5, 0.6) is 0 Å². The molecule has 3 heteroatoms. The van der Waals surface area contributed by atoms with Crippen molar-refractivity contribution in [2.75, 3.05) is 6.54 Å². The van der Waals surface area contributed by atoms with Gasteiger partial charge in [-0.15, -0.1) is 0 Å². The van der Waals surface area contributed by atoms with Crippen LogP contribution in [-0.4, -0.2) is 23.5 Å². The second kappa shape index (κ2) is 6.18. The van der Waals surface area contributed by atoms with E-state index < -0.39 is 0 Å². The highest BCUT2D eigenvalue weighted by atomic mass is 79.9. The summed E-state index contributed by atoms with van der Waals surface area (Å²) in [7, 11) is 0. The lowest BCUT2D eigenvalue weighted by Gasteiger charge is -2.41. The molecule has 0 radical (unpaired) electrons. The Morgan fingerprint density at radius 1 is 1.50 bits per heavy atom. The monoisotopic (exact) mass is 310 g/mol. The molecule has 0 saturated carbocycles. The molecule has 1 aliphatic rings. The second-order valence-electron chi connectivity index (χ2n) is 5.35. The summed E-state index contributed by atoms with van der Waals surface area (Å²) in [4.78, 5) is 2.62. The maximum atomic E-state index is 6.06. The van der Waals surface area contributed by atoms with Gasteiger partial charge in [-0.2, -0.15) is 0 Å². The summed E-state index contributed by atoms with van der Waals surface area (Å²) in [6.45, 7) is 5.69. The minimum Gasteiger partial charge on any atom is -0.328 e. The predicted molar refractivity (Wildman–Crippen MR) is 80.6 cm³/mol. The van der Waals surface area contributed by atoms with Crippen molar-refractivity contribution in [3.05, 3.63) is 34.3 Å². The number of hydrogen-bond acceptors (Lipinski definition) is 2. The number of benzene rings is 1. The molecular weight excluding hydrogens is 288 g/mol. The number of hydrogen-bond donors (Lipinski definition) is 1. The fourth-order valence-electron chi connectivity index (χ4n) is 3.07. The molecule has 1 aromatic carbocycles. The van der Waals surface area contributed by atoms with Gasteiger partial charge in [0.15, 0.2) is 0 Å². The van der Waals surface area contributed by atoms with Crippen LogP contribution in [-0.2, 0) is 0 Å². The molecule has 2 rings (SSSR count). The Hall–Kier alpha value is -0.380. The Bertz CT molecular complexity index is 394. The Morgan fingerprint density at radius 3 is 2.89 bits per heavy atom. The smallest absolute Gasteiger partial charge is 0.0348 e. The molecule has 1 heterocycles. The van der Waals surface area contributed by atoms with E-state index >= 15 is 0 Å². The summed E-state index contributed by atoms with van der Waals surface area (Å²) < 4.78 is 1.17. The maximum absolute atomic E-state index is 6.06. The summed E-state index contributed by atoms with van der Waals surface area (Å²) in [5, 5.41) is 0. The summed E-state index contributed by atoms with van der Waals surface area (Å²) in [6.07, 6.45) is 3.38. The van der Waals surface area contributed by atoms with Gasteiger partial charge in [-0.05, 0) is 43.9 Å². The van der Waals surface area contributed by atoms with E-state index in [0.717, 1.165) is 25.8 Å². The average Bonchev–Trinajstić information content (AvgIpc) is 2.33. The van der Waals surface area contributed by atoms with Crippen molar-refractivity contribution in [3.8, 4) is 0 Å². The number of halogens is 1. The quantitative estimate of drug-likeness (QED) is 0.922. The van der Waals surface area contributed by atoms with E-state index in [1.54, 1.807) is 0 Å². The van der Waals surface area contributed by atoms with Gasteiger partial charge >= 0.3 is 0 Å². The molecule has 1 aliphatic heterocycles. The highest BCUT2D eigenvalue weighted by Crippen LogP contribution is 2.31. The molecular formula is C15H23BrN2. The van der Waals surface area contributed by atoms with Crippen LogP contribution in [0, 0.1) is 0 Å². The molecule has 1 fully saturated rings. The fourth-order valence-corrected chi connectivity index (χ4v) is 3.48. The van der Waals surface area contributed by atoms with Gasteiger partial charge in [-0.3, -0.25) is 4.90 Å². The van der Waals surface area contributed by atoms with Crippen molar-refractivity contribution < 1.29 is 0 Å². The van der Waals surface area contributed by atoms with Crippen LogP contribution < -0.4 is 5.73 Å². The minimum atomic E-state index is 0.385. The lowest BCUT2D eigenvalue weighted by atomic mass is 9.93. The molecule has 0 bridgehead atoms. The Kier molecular flexibility index (Phi) is 4.82. The molecule has 18 heavy (non-hydrogen) atoms. The second-order valence-corrected chi connectivity index (χ2v) is 6.27. The topological polar surface area (TPSA) is 29.3 Å². The van der Waals surface area contributed by atoms with Crippen molar-refractivity contribution in [2.45, 2.75) is 51.2 Å². The molecule has 2 nitrogen and oxygen atoms in total. The first-order chi connectivity index (χ1) is 8.61. The van der Waals surface area contributed by atoms with E-state index in [4.69, 9.17) is 5.73 Å². The lowest BCUT2D eigenvalue weighted by molar-refractivity contribution is 0.0928. The lowest BCUT2D eigenvalue weighted by Crippen LogP contribution is -2.46. The van der Waals surface area contributed by atoms with Gasteiger partial charge in [0.1, 0.15) is 0 Å². The Morgan fingerprint density at radius 2 is 2.28 bits per heavy atom. The molecule has 3 unspecified atom stereocenters. The Labute approximate surface area is 119 Å². The van der Waals surface area contributed by atoms with E-state index in [9.17, 15) is 0 Å².